The van der Waals surface area contributed by atoms with Crippen LogP contribution in [0.15, 0.2) is 4.99 Å². The normalized spacial score (nSPS) is 29.9. The fourth-order valence-electron chi connectivity index (χ4n) is 4.12. The lowest BCUT2D eigenvalue weighted by Gasteiger charge is -2.34. The van der Waals surface area contributed by atoms with Crippen molar-refractivity contribution in [2.75, 3.05) is 44.4 Å². The molecule has 6 nitrogen and oxygen atoms in total. The van der Waals surface area contributed by atoms with E-state index in [2.05, 4.69) is 24.1 Å². The molecule has 3 fully saturated rings. The molecule has 3 saturated heterocycles. The Morgan fingerprint density at radius 1 is 1.36 bits per heavy atom. The van der Waals surface area contributed by atoms with Gasteiger partial charge in [-0.15, -0.1) is 0 Å². The van der Waals surface area contributed by atoms with Crippen LogP contribution in [0.5, 0.6) is 0 Å². The summed E-state index contributed by atoms with van der Waals surface area (Å²) in [5.74, 6) is 1.78. The molecule has 0 aromatic heterocycles. The van der Waals surface area contributed by atoms with E-state index < -0.39 is 9.84 Å². The summed E-state index contributed by atoms with van der Waals surface area (Å²) in [5.41, 5.74) is 0.382. The van der Waals surface area contributed by atoms with Gasteiger partial charge in [0.05, 0.1) is 11.5 Å². The third-order valence-electron chi connectivity index (χ3n) is 6.11. The van der Waals surface area contributed by atoms with Gasteiger partial charge in [0.2, 0.25) is 0 Å². The van der Waals surface area contributed by atoms with Gasteiger partial charge in [0.1, 0.15) is 0 Å². The molecule has 7 heteroatoms. The summed E-state index contributed by atoms with van der Waals surface area (Å²) in [6, 6.07) is 0.372. The van der Waals surface area contributed by atoms with Crippen molar-refractivity contribution in [2.24, 2.45) is 16.3 Å². The number of sulfone groups is 1. The molecule has 0 aromatic rings. The summed E-state index contributed by atoms with van der Waals surface area (Å²) in [7, 11) is -2.83. The molecule has 2 unspecified atom stereocenters. The molecule has 0 aromatic carbocycles. The van der Waals surface area contributed by atoms with E-state index in [0.717, 1.165) is 57.9 Å². The highest BCUT2D eigenvalue weighted by Gasteiger charge is 2.40. The number of hydrogen-bond acceptors (Lipinski definition) is 4. The Kier molecular flexibility index (Phi) is 5.93. The topological polar surface area (TPSA) is 71.0 Å². The maximum Gasteiger partial charge on any atom is 0.194 e. The summed E-state index contributed by atoms with van der Waals surface area (Å²) >= 11 is 0. The Hall–Kier alpha value is -0.820. The summed E-state index contributed by atoms with van der Waals surface area (Å²) in [5, 5.41) is 3.57. The monoisotopic (exact) mass is 371 g/mol. The van der Waals surface area contributed by atoms with Crippen molar-refractivity contribution >= 4 is 15.8 Å². The predicted molar refractivity (Wildman–Crippen MR) is 101 cm³/mol. The number of guanidine groups is 1. The Labute approximate surface area is 152 Å². The molecule has 0 saturated carbocycles. The minimum Gasteiger partial charge on any atom is -0.381 e. The van der Waals surface area contributed by atoms with Gasteiger partial charge in [-0.05, 0) is 50.4 Å². The van der Waals surface area contributed by atoms with E-state index in [-0.39, 0.29) is 5.92 Å². The highest BCUT2D eigenvalue weighted by molar-refractivity contribution is 7.91. The quantitative estimate of drug-likeness (QED) is 0.601. The third-order valence-corrected chi connectivity index (χ3v) is 7.94. The number of ether oxygens (including phenoxy) is 1. The van der Waals surface area contributed by atoms with Crippen molar-refractivity contribution in [1.29, 1.82) is 0 Å². The molecule has 3 aliphatic heterocycles. The highest BCUT2D eigenvalue weighted by atomic mass is 32.2. The molecule has 0 radical (unpaired) electrons. The summed E-state index contributed by atoms with van der Waals surface area (Å²) < 4.78 is 28.9. The smallest absolute Gasteiger partial charge is 0.194 e. The van der Waals surface area contributed by atoms with Crippen molar-refractivity contribution in [2.45, 2.75) is 52.0 Å². The van der Waals surface area contributed by atoms with Crippen LogP contribution >= 0.6 is 0 Å². The first-order valence-corrected chi connectivity index (χ1v) is 11.6. The molecule has 2 atom stereocenters. The lowest BCUT2D eigenvalue weighted by atomic mass is 9.80. The molecule has 0 bridgehead atoms. The fourth-order valence-corrected chi connectivity index (χ4v) is 5.97. The molecule has 1 spiro atoms. The van der Waals surface area contributed by atoms with Gasteiger partial charge in [-0.3, -0.25) is 4.99 Å². The maximum absolute atomic E-state index is 11.7. The van der Waals surface area contributed by atoms with Gasteiger partial charge in [-0.1, -0.05) is 6.92 Å². The second kappa shape index (κ2) is 7.82. The minimum absolute atomic E-state index is 0.179. The average Bonchev–Trinajstić information content (AvgIpc) is 3.15. The average molecular weight is 372 g/mol. The molecule has 3 aliphatic rings. The summed E-state index contributed by atoms with van der Waals surface area (Å²) in [6.07, 6.45) is 5.28. The highest BCUT2D eigenvalue weighted by Crippen LogP contribution is 2.39. The van der Waals surface area contributed by atoms with Crippen LogP contribution in [0.4, 0.5) is 0 Å². The van der Waals surface area contributed by atoms with E-state index in [9.17, 15) is 8.42 Å². The summed E-state index contributed by atoms with van der Waals surface area (Å²) in [4.78, 5) is 7.24. The van der Waals surface area contributed by atoms with Crippen molar-refractivity contribution in [3.05, 3.63) is 0 Å². The molecule has 144 valence electrons. The van der Waals surface area contributed by atoms with Crippen LogP contribution < -0.4 is 5.32 Å². The van der Waals surface area contributed by atoms with Crippen LogP contribution in [0, 0.1) is 11.3 Å². The van der Waals surface area contributed by atoms with Gasteiger partial charge in [-0.25, -0.2) is 8.42 Å². The van der Waals surface area contributed by atoms with Crippen molar-refractivity contribution in [1.82, 2.24) is 10.2 Å². The molecular weight excluding hydrogens is 338 g/mol. The second-order valence-corrected chi connectivity index (χ2v) is 10.4. The zero-order chi connectivity index (χ0) is 17.9. The van der Waals surface area contributed by atoms with Gasteiger partial charge in [0.15, 0.2) is 15.8 Å². The number of hydrogen-bond donors (Lipinski definition) is 1. The van der Waals surface area contributed by atoms with Crippen LogP contribution in [0.3, 0.4) is 0 Å². The van der Waals surface area contributed by atoms with Gasteiger partial charge in [0.25, 0.3) is 0 Å². The Balaban J connectivity index is 1.66. The molecule has 3 rings (SSSR count). The van der Waals surface area contributed by atoms with E-state index in [1.54, 1.807) is 0 Å². The molecular formula is C18H33N3O3S. The van der Waals surface area contributed by atoms with E-state index in [4.69, 9.17) is 9.73 Å². The van der Waals surface area contributed by atoms with Crippen molar-refractivity contribution in [3.63, 3.8) is 0 Å². The zero-order valence-corrected chi connectivity index (χ0v) is 16.5. The molecule has 3 heterocycles. The minimum atomic E-state index is -2.83. The fraction of sp³-hybridized carbons (Fsp3) is 0.944. The van der Waals surface area contributed by atoms with Crippen molar-refractivity contribution < 1.29 is 13.2 Å². The SMILES string of the molecule is CCC(C)NC(=NCC1CCS(=O)(=O)C1)N1CCC2(CCOCC2)C1. The van der Waals surface area contributed by atoms with Gasteiger partial charge in [0, 0.05) is 38.9 Å². The van der Waals surface area contributed by atoms with Gasteiger partial charge < -0.3 is 15.0 Å². The van der Waals surface area contributed by atoms with Crippen LogP contribution in [-0.2, 0) is 14.6 Å². The van der Waals surface area contributed by atoms with Gasteiger partial charge in [-0.2, -0.15) is 0 Å². The van der Waals surface area contributed by atoms with Crippen LogP contribution in [0.25, 0.3) is 0 Å². The number of rotatable bonds is 4. The molecule has 0 aliphatic carbocycles. The number of nitrogens with zero attached hydrogens (tertiary/aromatic N) is 2. The van der Waals surface area contributed by atoms with E-state index >= 15 is 0 Å². The van der Waals surface area contributed by atoms with E-state index in [1.807, 2.05) is 0 Å². The number of likely N-dealkylation sites (tertiary alicyclic amines) is 1. The Morgan fingerprint density at radius 3 is 2.76 bits per heavy atom. The largest absolute Gasteiger partial charge is 0.381 e. The number of nitrogens with one attached hydrogen (secondary N) is 1. The second-order valence-electron chi connectivity index (χ2n) is 8.17. The summed E-state index contributed by atoms with van der Waals surface area (Å²) in [6.45, 7) is 8.79. The van der Waals surface area contributed by atoms with Gasteiger partial charge >= 0.3 is 0 Å². The number of aliphatic imine (C=N–C) groups is 1. The van der Waals surface area contributed by atoms with Crippen LogP contribution in [0.2, 0.25) is 0 Å². The lowest BCUT2D eigenvalue weighted by molar-refractivity contribution is 0.0217. The molecule has 25 heavy (non-hydrogen) atoms. The lowest BCUT2D eigenvalue weighted by Crippen LogP contribution is -2.45. The van der Waals surface area contributed by atoms with E-state index in [0.29, 0.717) is 29.5 Å². The van der Waals surface area contributed by atoms with Crippen LogP contribution in [-0.4, -0.2) is 69.7 Å². The molecule has 1 N–H and O–H groups in total. The molecule has 0 amide bonds. The van der Waals surface area contributed by atoms with Crippen molar-refractivity contribution in [3.8, 4) is 0 Å². The predicted octanol–water partition coefficient (Wildman–Crippen LogP) is 1.67. The van der Waals surface area contributed by atoms with E-state index in [1.165, 1.54) is 6.42 Å². The third kappa shape index (κ3) is 4.88. The standard InChI is InChI=1S/C18H33N3O3S/c1-3-15(2)20-17(19-12-16-4-11-25(22,23)13-16)21-8-5-18(14-21)6-9-24-10-7-18/h15-16H,3-14H2,1-2H3,(H,19,20). The first-order chi connectivity index (χ1) is 11.9. The Morgan fingerprint density at radius 2 is 2.12 bits per heavy atom. The first-order valence-electron chi connectivity index (χ1n) is 9.75. The maximum atomic E-state index is 11.7. The zero-order valence-electron chi connectivity index (χ0n) is 15.7. The Bertz CT molecular complexity index is 584. The van der Waals surface area contributed by atoms with Crippen LogP contribution in [0.1, 0.15) is 46.0 Å². The first kappa shape index (κ1) is 19.0.